The van der Waals surface area contributed by atoms with Gasteiger partial charge in [-0.1, -0.05) is 24.6 Å². The van der Waals surface area contributed by atoms with Gasteiger partial charge in [-0.25, -0.2) is 9.97 Å². The van der Waals surface area contributed by atoms with Crippen molar-refractivity contribution in [3.63, 3.8) is 0 Å². The smallest absolute Gasteiger partial charge is 0.416 e. The molecule has 0 saturated carbocycles. The average Bonchev–Trinajstić information content (AvgIpc) is 3.73. The maximum absolute atomic E-state index is 14.0. The number of amides is 2. The zero-order chi connectivity index (χ0) is 35.7. The van der Waals surface area contributed by atoms with Gasteiger partial charge in [-0.3, -0.25) is 14.4 Å². The molecule has 18 heteroatoms. The number of carbonyl (C=O) groups excluding carboxylic acids is 2. The van der Waals surface area contributed by atoms with Crippen molar-refractivity contribution < 1.29 is 37.3 Å². The molecular weight excluding hydrogens is 685 g/mol. The van der Waals surface area contributed by atoms with Crippen LogP contribution in [-0.2, 0) is 33.6 Å². The summed E-state index contributed by atoms with van der Waals surface area (Å²) in [6.07, 6.45) is -1.12. The van der Waals surface area contributed by atoms with Gasteiger partial charge in [-0.2, -0.15) is 22.7 Å². The largest absolute Gasteiger partial charge is 0.504 e. The van der Waals surface area contributed by atoms with Crippen LogP contribution in [0.5, 0.6) is 5.75 Å². The van der Waals surface area contributed by atoms with Crippen LogP contribution in [0.3, 0.4) is 0 Å². The van der Waals surface area contributed by atoms with Crippen LogP contribution in [0, 0.1) is 6.92 Å². The number of ether oxygens (including phenoxy) is 2. The molecule has 1 unspecified atom stereocenters. The molecule has 2 aliphatic heterocycles. The third-order valence-corrected chi connectivity index (χ3v) is 8.72. The first-order chi connectivity index (χ1) is 23.9. The molecule has 5 heterocycles. The van der Waals surface area contributed by atoms with Gasteiger partial charge in [-0.15, -0.1) is 5.10 Å². The number of aryl methyl sites for hydroxylation is 1. The van der Waals surface area contributed by atoms with Gasteiger partial charge in [0, 0.05) is 13.1 Å². The number of nitrogens with zero attached hydrogens (tertiary/aromatic N) is 7. The van der Waals surface area contributed by atoms with Crippen LogP contribution in [-0.4, -0.2) is 77.3 Å². The molecule has 1 aromatic carbocycles. The Morgan fingerprint density at radius 2 is 2.02 bits per heavy atom. The number of alkyl halides is 3. The summed E-state index contributed by atoms with van der Waals surface area (Å²) in [5, 5.41) is 17.2. The second-order valence-electron chi connectivity index (χ2n) is 11.7. The minimum absolute atomic E-state index is 0.0346. The van der Waals surface area contributed by atoms with E-state index in [4.69, 9.17) is 21.1 Å². The third-order valence-electron chi connectivity index (χ3n) is 8.41. The second kappa shape index (κ2) is 14.2. The lowest BCUT2D eigenvalue weighted by atomic mass is 10.1. The molecule has 264 valence electrons. The van der Waals surface area contributed by atoms with Gasteiger partial charge in [0.25, 0.3) is 11.5 Å². The molecule has 0 fully saturated rings. The monoisotopic (exact) mass is 716 g/mol. The zero-order valence-electron chi connectivity index (χ0n) is 27.0. The normalized spacial score (nSPS) is 16.0. The number of halogens is 4. The van der Waals surface area contributed by atoms with E-state index in [1.54, 1.807) is 6.92 Å². The highest BCUT2D eigenvalue weighted by Gasteiger charge is 2.35. The van der Waals surface area contributed by atoms with Crippen LogP contribution < -0.4 is 10.9 Å². The lowest BCUT2D eigenvalue weighted by Gasteiger charge is -2.23. The highest BCUT2D eigenvalue weighted by molar-refractivity contribution is 6.33. The number of benzene rings is 1. The van der Waals surface area contributed by atoms with Crippen molar-refractivity contribution in [3.8, 4) is 5.75 Å². The Labute approximate surface area is 287 Å². The van der Waals surface area contributed by atoms with Crippen LogP contribution in [0.1, 0.15) is 71.1 Å². The summed E-state index contributed by atoms with van der Waals surface area (Å²) in [6.45, 7) is 4.21. The molecule has 3 aromatic heterocycles. The summed E-state index contributed by atoms with van der Waals surface area (Å²) in [5.41, 5.74) is -0.0537. The first kappa shape index (κ1) is 35.0. The van der Waals surface area contributed by atoms with E-state index in [0.29, 0.717) is 38.3 Å². The number of carbonyl (C=O) groups is 2. The van der Waals surface area contributed by atoms with E-state index in [1.807, 2.05) is 13.0 Å². The molecule has 0 spiro atoms. The van der Waals surface area contributed by atoms with Gasteiger partial charge >= 0.3 is 6.18 Å². The summed E-state index contributed by atoms with van der Waals surface area (Å²) in [7, 11) is 0. The van der Waals surface area contributed by atoms with Crippen molar-refractivity contribution in [1.82, 2.24) is 34.0 Å². The second-order valence-corrected chi connectivity index (χ2v) is 12.1. The van der Waals surface area contributed by atoms with Crippen LogP contribution >= 0.6 is 11.6 Å². The van der Waals surface area contributed by atoms with E-state index in [0.717, 1.165) is 28.3 Å². The standard InChI is InChI=1S/C32H32ClF3N8O6/c1-3-9-42(30(48)26-27(46)17(2)37-16-38-26)10-6-23-25-22(15-50-23)43(14-24(45)39-21-5-4-19(13-20(21)33)32(34,35)36)31-40-28(41-44(31)29(25)47)18-7-11-49-12-8-18/h4-5,7,13,16,23,46H,3,6,8-12,14-15H2,1-2H3,(H,39,45). The Morgan fingerprint density at radius 1 is 1.22 bits per heavy atom. The van der Waals surface area contributed by atoms with E-state index in [-0.39, 0.29) is 64.6 Å². The lowest BCUT2D eigenvalue weighted by molar-refractivity contribution is -0.137. The van der Waals surface area contributed by atoms with Crippen molar-refractivity contribution in [2.75, 3.05) is 31.6 Å². The van der Waals surface area contributed by atoms with Crippen molar-refractivity contribution in [3.05, 3.63) is 80.0 Å². The van der Waals surface area contributed by atoms with E-state index in [9.17, 15) is 32.7 Å². The highest BCUT2D eigenvalue weighted by Crippen LogP contribution is 2.35. The number of aromatic hydroxyl groups is 1. The van der Waals surface area contributed by atoms with Crippen LogP contribution in [0.15, 0.2) is 35.4 Å². The Bertz CT molecular complexity index is 2060. The van der Waals surface area contributed by atoms with Gasteiger partial charge in [0.1, 0.15) is 12.9 Å². The maximum Gasteiger partial charge on any atom is 0.416 e. The van der Waals surface area contributed by atoms with E-state index in [2.05, 4.69) is 25.4 Å². The Balaban J connectivity index is 1.33. The van der Waals surface area contributed by atoms with E-state index in [1.165, 1.54) is 15.8 Å². The molecule has 0 saturated heterocycles. The van der Waals surface area contributed by atoms with Crippen LogP contribution in [0.4, 0.5) is 18.9 Å². The number of anilines is 1. The van der Waals surface area contributed by atoms with Gasteiger partial charge in [-0.05, 0) is 50.0 Å². The molecule has 0 radical (unpaired) electrons. The first-order valence-electron chi connectivity index (χ1n) is 15.7. The summed E-state index contributed by atoms with van der Waals surface area (Å²) in [5.74, 6) is -1.14. The van der Waals surface area contributed by atoms with Crippen molar-refractivity contribution in [2.45, 2.75) is 58.5 Å². The highest BCUT2D eigenvalue weighted by atomic mass is 35.5. The fourth-order valence-corrected chi connectivity index (χ4v) is 6.11. The number of aromatic nitrogens is 6. The molecule has 2 N–H and O–H groups in total. The third kappa shape index (κ3) is 6.93. The molecule has 4 aromatic rings. The Hall–Kier alpha value is -4.87. The quantitative estimate of drug-likeness (QED) is 0.241. The van der Waals surface area contributed by atoms with Crippen LogP contribution in [0.25, 0.3) is 11.4 Å². The van der Waals surface area contributed by atoms with Crippen molar-refractivity contribution in [1.29, 1.82) is 0 Å². The number of rotatable bonds is 10. The lowest BCUT2D eigenvalue weighted by Crippen LogP contribution is -2.35. The Morgan fingerprint density at radius 3 is 2.72 bits per heavy atom. The molecule has 0 bridgehead atoms. The predicted molar refractivity (Wildman–Crippen MR) is 173 cm³/mol. The SMILES string of the molecule is CCCN(CCC1OCc2c1c(=O)n1nc(C3=CCOCC3)nc1n2CC(=O)Nc1ccc(C(F)(F)F)cc1Cl)C(=O)c1ncnc(C)c1O. The molecular formula is C32H32ClF3N8O6. The number of hydrogen-bond acceptors (Lipinski definition) is 10. The van der Waals surface area contributed by atoms with Crippen molar-refractivity contribution >= 4 is 40.5 Å². The van der Waals surface area contributed by atoms with Gasteiger partial charge in [0.05, 0.1) is 59.1 Å². The maximum atomic E-state index is 14.0. The van der Waals surface area contributed by atoms with Gasteiger partial charge in [0.15, 0.2) is 17.3 Å². The molecule has 2 aliphatic rings. The number of nitrogens with one attached hydrogen (secondary N) is 1. The molecule has 2 amide bonds. The Kier molecular flexibility index (Phi) is 9.91. The topological polar surface area (TPSA) is 166 Å². The zero-order valence-corrected chi connectivity index (χ0v) is 27.7. The fourth-order valence-electron chi connectivity index (χ4n) is 5.88. The first-order valence-corrected chi connectivity index (χ1v) is 16.1. The summed E-state index contributed by atoms with van der Waals surface area (Å²) in [4.78, 5) is 54.8. The minimum atomic E-state index is -4.62. The molecule has 50 heavy (non-hydrogen) atoms. The number of hydrogen-bond donors (Lipinski definition) is 2. The average molecular weight is 717 g/mol. The molecule has 0 aliphatic carbocycles. The molecule has 6 rings (SSSR count). The summed E-state index contributed by atoms with van der Waals surface area (Å²) in [6, 6.07) is 2.59. The van der Waals surface area contributed by atoms with Gasteiger partial charge < -0.3 is 29.4 Å². The fraction of sp³-hybridized carbons (Fsp3) is 0.406. The molecule has 1 atom stereocenters. The minimum Gasteiger partial charge on any atom is -0.504 e. The number of fused-ring (bicyclic) bond motifs is 2. The van der Waals surface area contributed by atoms with Gasteiger partial charge in [0.2, 0.25) is 11.7 Å². The summed E-state index contributed by atoms with van der Waals surface area (Å²) < 4.78 is 53.5. The van der Waals surface area contributed by atoms with Crippen LogP contribution in [0.2, 0.25) is 5.02 Å². The summed E-state index contributed by atoms with van der Waals surface area (Å²) >= 11 is 6.09. The predicted octanol–water partition coefficient (Wildman–Crippen LogP) is 4.32. The van der Waals surface area contributed by atoms with Crippen molar-refractivity contribution in [2.24, 2.45) is 0 Å². The van der Waals surface area contributed by atoms with E-state index >= 15 is 0 Å². The van der Waals surface area contributed by atoms with E-state index < -0.39 is 41.8 Å². The molecule has 14 nitrogen and oxygen atoms in total.